The fourth-order valence-electron chi connectivity index (χ4n) is 2.12. The van der Waals surface area contributed by atoms with E-state index in [2.05, 4.69) is 19.1 Å². The van der Waals surface area contributed by atoms with Gasteiger partial charge in [-0.1, -0.05) is 56.3 Å². The second-order valence-corrected chi connectivity index (χ2v) is 5.22. The third kappa shape index (κ3) is 6.09. The quantitative estimate of drug-likeness (QED) is 0.682. The minimum atomic E-state index is 0.619. The van der Waals surface area contributed by atoms with Crippen molar-refractivity contribution in [1.29, 1.82) is 0 Å². The first-order valence-corrected chi connectivity index (χ1v) is 7.08. The van der Waals surface area contributed by atoms with E-state index in [1.165, 1.54) is 37.7 Å². The van der Waals surface area contributed by atoms with Crippen molar-refractivity contribution >= 4 is 11.6 Å². The van der Waals surface area contributed by atoms with Gasteiger partial charge in [-0.3, -0.25) is 0 Å². The summed E-state index contributed by atoms with van der Waals surface area (Å²) in [6, 6.07) is 8.14. The van der Waals surface area contributed by atoms with Crippen LogP contribution >= 0.6 is 11.6 Å². The van der Waals surface area contributed by atoms with Gasteiger partial charge in [-0.15, -0.1) is 0 Å². The van der Waals surface area contributed by atoms with Crippen LogP contribution in [0.2, 0.25) is 5.02 Å². The van der Waals surface area contributed by atoms with E-state index in [1.54, 1.807) is 0 Å². The molecule has 0 saturated carbocycles. The van der Waals surface area contributed by atoms with Crippen LogP contribution in [0.3, 0.4) is 0 Å². The van der Waals surface area contributed by atoms with Crippen molar-refractivity contribution in [2.45, 2.75) is 45.4 Å². The van der Waals surface area contributed by atoms with Gasteiger partial charge in [-0.05, 0) is 43.0 Å². The Morgan fingerprint density at radius 1 is 1.12 bits per heavy atom. The Morgan fingerprint density at radius 3 is 2.41 bits per heavy atom. The van der Waals surface area contributed by atoms with Gasteiger partial charge in [0.2, 0.25) is 0 Å². The molecule has 0 aliphatic carbocycles. The van der Waals surface area contributed by atoms with Gasteiger partial charge in [0.1, 0.15) is 0 Å². The average molecular weight is 254 g/mol. The summed E-state index contributed by atoms with van der Waals surface area (Å²) in [5.74, 6) is 0.619. The predicted octanol–water partition coefficient (Wildman–Crippen LogP) is 4.43. The van der Waals surface area contributed by atoms with Gasteiger partial charge in [0.15, 0.2) is 0 Å². The molecule has 0 heterocycles. The Hall–Kier alpha value is -0.530. The third-order valence-corrected chi connectivity index (χ3v) is 3.49. The topological polar surface area (TPSA) is 26.0 Å². The molecule has 1 nitrogen and oxygen atoms in total. The molecule has 1 rings (SSSR count). The second kappa shape index (κ2) is 8.54. The molecule has 2 N–H and O–H groups in total. The lowest BCUT2D eigenvalue weighted by Gasteiger charge is -2.14. The van der Waals surface area contributed by atoms with Crippen LogP contribution in [0.15, 0.2) is 24.3 Å². The Kier molecular flexibility index (Phi) is 7.30. The smallest absolute Gasteiger partial charge is 0.0406 e. The SMILES string of the molecule is CCCCCCC(CN)Cc1ccc(Cl)cc1. The monoisotopic (exact) mass is 253 g/mol. The maximum absolute atomic E-state index is 5.88. The number of rotatable bonds is 8. The molecular weight excluding hydrogens is 230 g/mol. The van der Waals surface area contributed by atoms with Crippen molar-refractivity contribution in [3.63, 3.8) is 0 Å². The second-order valence-electron chi connectivity index (χ2n) is 4.78. The lowest BCUT2D eigenvalue weighted by Crippen LogP contribution is -2.16. The minimum absolute atomic E-state index is 0.619. The summed E-state index contributed by atoms with van der Waals surface area (Å²) >= 11 is 5.88. The molecule has 0 spiro atoms. The standard InChI is InChI=1S/C15H24ClN/c1-2-3-4-5-6-14(12-17)11-13-7-9-15(16)10-8-13/h7-10,14H,2-6,11-12,17H2,1H3. The van der Waals surface area contributed by atoms with Gasteiger partial charge in [0.05, 0.1) is 0 Å². The first-order chi connectivity index (χ1) is 8.26. The molecule has 96 valence electrons. The highest BCUT2D eigenvalue weighted by atomic mass is 35.5. The van der Waals surface area contributed by atoms with Crippen LogP contribution in [-0.2, 0) is 6.42 Å². The summed E-state index contributed by atoms with van der Waals surface area (Å²) < 4.78 is 0. The van der Waals surface area contributed by atoms with Gasteiger partial charge >= 0.3 is 0 Å². The fraction of sp³-hybridized carbons (Fsp3) is 0.600. The molecule has 0 bridgehead atoms. The zero-order valence-corrected chi connectivity index (χ0v) is 11.5. The zero-order valence-electron chi connectivity index (χ0n) is 10.8. The molecular formula is C15H24ClN. The molecule has 1 aromatic carbocycles. The van der Waals surface area contributed by atoms with Gasteiger partial charge < -0.3 is 5.73 Å². The van der Waals surface area contributed by atoms with Crippen LogP contribution in [0.25, 0.3) is 0 Å². The van der Waals surface area contributed by atoms with Gasteiger partial charge in [0.25, 0.3) is 0 Å². The highest BCUT2D eigenvalue weighted by Crippen LogP contribution is 2.17. The third-order valence-electron chi connectivity index (χ3n) is 3.24. The number of halogens is 1. The summed E-state index contributed by atoms with van der Waals surface area (Å²) in [5.41, 5.74) is 7.19. The summed E-state index contributed by atoms with van der Waals surface area (Å²) in [6.45, 7) is 3.03. The highest BCUT2D eigenvalue weighted by Gasteiger charge is 2.07. The first kappa shape index (κ1) is 14.5. The molecule has 0 aliphatic rings. The minimum Gasteiger partial charge on any atom is -0.330 e. The van der Waals surface area contributed by atoms with Crippen LogP contribution in [0.1, 0.15) is 44.6 Å². The lowest BCUT2D eigenvalue weighted by atomic mass is 9.94. The number of hydrogen-bond acceptors (Lipinski definition) is 1. The summed E-state index contributed by atoms with van der Waals surface area (Å²) in [6.07, 6.45) is 7.62. The molecule has 0 saturated heterocycles. The Bertz CT molecular complexity index is 294. The largest absolute Gasteiger partial charge is 0.330 e. The molecule has 1 atom stereocenters. The average Bonchev–Trinajstić information content (AvgIpc) is 2.35. The maximum atomic E-state index is 5.88. The molecule has 0 fully saturated rings. The normalized spacial score (nSPS) is 12.6. The van der Waals surface area contributed by atoms with Crippen LogP contribution < -0.4 is 5.73 Å². The lowest BCUT2D eigenvalue weighted by molar-refractivity contribution is 0.460. The van der Waals surface area contributed by atoms with Gasteiger partial charge in [-0.25, -0.2) is 0 Å². The number of nitrogens with two attached hydrogens (primary N) is 1. The molecule has 0 amide bonds. The van der Waals surface area contributed by atoms with Gasteiger partial charge in [-0.2, -0.15) is 0 Å². The molecule has 0 radical (unpaired) electrons. The summed E-state index contributed by atoms with van der Waals surface area (Å²) in [7, 11) is 0. The molecule has 17 heavy (non-hydrogen) atoms. The van der Waals surface area contributed by atoms with Crippen molar-refractivity contribution in [2.75, 3.05) is 6.54 Å². The van der Waals surface area contributed by atoms with E-state index in [1.807, 2.05) is 12.1 Å². The fourth-order valence-corrected chi connectivity index (χ4v) is 2.24. The number of hydrogen-bond donors (Lipinski definition) is 1. The zero-order chi connectivity index (χ0) is 12.5. The van der Waals surface area contributed by atoms with E-state index in [4.69, 9.17) is 17.3 Å². The van der Waals surface area contributed by atoms with Crippen molar-refractivity contribution in [1.82, 2.24) is 0 Å². The van der Waals surface area contributed by atoms with E-state index in [-0.39, 0.29) is 0 Å². The van der Waals surface area contributed by atoms with Crippen LogP contribution in [0, 0.1) is 5.92 Å². The maximum Gasteiger partial charge on any atom is 0.0406 e. The molecule has 1 unspecified atom stereocenters. The van der Waals surface area contributed by atoms with E-state index in [9.17, 15) is 0 Å². The van der Waals surface area contributed by atoms with E-state index in [0.29, 0.717) is 5.92 Å². The van der Waals surface area contributed by atoms with Crippen molar-refractivity contribution in [3.05, 3.63) is 34.9 Å². The molecule has 2 heteroatoms. The Balaban J connectivity index is 2.33. The van der Waals surface area contributed by atoms with Gasteiger partial charge in [0, 0.05) is 5.02 Å². The molecule has 0 aliphatic heterocycles. The van der Waals surface area contributed by atoms with Crippen molar-refractivity contribution in [3.8, 4) is 0 Å². The molecule has 0 aromatic heterocycles. The van der Waals surface area contributed by atoms with Crippen molar-refractivity contribution < 1.29 is 0 Å². The molecule has 1 aromatic rings. The highest BCUT2D eigenvalue weighted by molar-refractivity contribution is 6.30. The number of unbranched alkanes of at least 4 members (excludes halogenated alkanes) is 3. The van der Waals surface area contributed by atoms with E-state index >= 15 is 0 Å². The van der Waals surface area contributed by atoms with Crippen LogP contribution in [0.5, 0.6) is 0 Å². The Morgan fingerprint density at radius 2 is 1.82 bits per heavy atom. The van der Waals surface area contributed by atoms with Crippen molar-refractivity contribution in [2.24, 2.45) is 11.7 Å². The predicted molar refractivity (Wildman–Crippen MR) is 76.5 cm³/mol. The van der Waals surface area contributed by atoms with E-state index < -0.39 is 0 Å². The van der Waals surface area contributed by atoms with E-state index in [0.717, 1.165) is 18.0 Å². The summed E-state index contributed by atoms with van der Waals surface area (Å²) in [5, 5.41) is 0.806. The van der Waals surface area contributed by atoms with Crippen LogP contribution in [0.4, 0.5) is 0 Å². The Labute approximate surface area is 110 Å². The first-order valence-electron chi connectivity index (χ1n) is 6.70. The number of benzene rings is 1. The van der Waals surface area contributed by atoms with Crippen LogP contribution in [-0.4, -0.2) is 6.54 Å². The summed E-state index contributed by atoms with van der Waals surface area (Å²) in [4.78, 5) is 0.